The Balaban J connectivity index is 1.98. The highest BCUT2D eigenvalue weighted by Gasteiger charge is 2.33. The molecule has 0 unspecified atom stereocenters. The lowest BCUT2D eigenvalue weighted by Crippen LogP contribution is -2.40. The Morgan fingerprint density at radius 2 is 2.05 bits per heavy atom. The van der Waals surface area contributed by atoms with E-state index in [9.17, 15) is 9.18 Å². The molecule has 0 atom stereocenters. The first-order valence-corrected chi connectivity index (χ1v) is 7.73. The Hall–Kier alpha value is -1.62. The SMILES string of the molecule is CC(C)(C)NC(=O)OCc1cccc(C2(F)CCNCC2)c1. The van der Waals surface area contributed by atoms with Gasteiger partial charge in [-0.2, -0.15) is 0 Å². The maximum atomic E-state index is 14.9. The molecule has 1 fully saturated rings. The monoisotopic (exact) mass is 308 g/mol. The molecule has 1 aliphatic heterocycles. The van der Waals surface area contributed by atoms with Crippen LogP contribution in [0.3, 0.4) is 0 Å². The fourth-order valence-corrected chi connectivity index (χ4v) is 2.54. The zero-order valence-electron chi connectivity index (χ0n) is 13.5. The van der Waals surface area contributed by atoms with Crippen molar-refractivity contribution in [2.24, 2.45) is 0 Å². The van der Waals surface area contributed by atoms with Crippen molar-refractivity contribution in [3.63, 3.8) is 0 Å². The van der Waals surface area contributed by atoms with Gasteiger partial charge in [0.25, 0.3) is 0 Å². The first-order chi connectivity index (χ1) is 10.3. The van der Waals surface area contributed by atoms with Crippen LogP contribution in [0.25, 0.3) is 0 Å². The molecule has 1 aromatic rings. The zero-order valence-corrected chi connectivity index (χ0v) is 13.5. The summed E-state index contributed by atoms with van der Waals surface area (Å²) in [5.74, 6) is 0. The highest BCUT2D eigenvalue weighted by atomic mass is 19.1. The molecule has 122 valence electrons. The molecule has 1 saturated heterocycles. The number of alkyl carbamates (subject to hydrolysis) is 1. The average molecular weight is 308 g/mol. The van der Waals surface area contributed by atoms with E-state index in [2.05, 4.69) is 10.6 Å². The first-order valence-electron chi connectivity index (χ1n) is 7.73. The number of piperidine rings is 1. The van der Waals surface area contributed by atoms with Crippen LogP contribution in [0.1, 0.15) is 44.7 Å². The summed E-state index contributed by atoms with van der Waals surface area (Å²) < 4.78 is 20.1. The van der Waals surface area contributed by atoms with Crippen molar-refractivity contribution in [2.75, 3.05) is 13.1 Å². The summed E-state index contributed by atoms with van der Waals surface area (Å²) in [6.45, 7) is 7.18. The number of nitrogens with one attached hydrogen (secondary N) is 2. The largest absolute Gasteiger partial charge is 0.445 e. The molecular formula is C17H25FN2O2. The number of ether oxygens (including phenoxy) is 1. The van der Waals surface area contributed by atoms with Crippen LogP contribution < -0.4 is 10.6 Å². The molecule has 0 aliphatic carbocycles. The minimum absolute atomic E-state index is 0.143. The summed E-state index contributed by atoms with van der Waals surface area (Å²) in [4.78, 5) is 11.7. The molecule has 2 rings (SSSR count). The normalized spacial score (nSPS) is 17.8. The topological polar surface area (TPSA) is 50.4 Å². The molecule has 5 heteroatoms. The predicted octanol–water partition coefficient (Wildman–Crippen LogP) is 3.26. The summed E-state index contributed by atoms with van der Waals surface area (Å²) >= 11 is 0. The number of hydrogen-bond donors (Lipinski definition) is 2. The van der Waals surface area contributed by atoms with Gasteiger partial charge < -0.3 is 15.4 Å². The molecule has 0 radical (unpaired) electrons. The van der Waals surface area contributed by atoms with Crippen molar-refractivity contribution in [1.29, 1.82) is 0 Å². The lowest BCUT2D eigenvalue weighted by molar-refractivity contribution is 0.114. The summed E-state index contributed by atoms with van der Waals surface area (Å²) in [7, 11) is 0. The molecule has 1 amide bonds. The van der Waals surface area contributed by atoms with Crippen LogP contribution in [-0.4, -0.2) is 24.7 Å². The molecule has 4 nitrogen and oxygen atoms in total. The highest BCUT2D eigenvalue weighted by Crippen LogP contribution is 2.35. The van der Waals surface area contributed by atoms with Crippen molar-refractivity contribution in [3.8, 4) is 0 Å². The van der Waals surface area contributed by atoms with E-state index in [0.29, 0.717) is 31.5 Å². The summed E-state index contributed by atoms with van der Waals surface area (Å²) in [5.41, 5.74) is -0.144. The average Bonchev–Trinajstić information content (AvgIpc) is 2.44. The number of halogens is 1. The predicted molar refractivity (Wildman–Crippen MR) is 84.4 cm³/mol. The molecule has 0 spiro atoms. The Kier molecular flexibility index (Phi) is 5.06. The van der Waals surface area contributed by atoms with Crippen LogP contribution in [0, 0.1) is 0 Å². The van der Waals surface area contributed by atoms with Crippen LogP contribution in [0.5, 0.6) is 0 Å². The fourth-order valence-electron chi connectivity index (χ4n) is 2.54. The van der Waals surface area contributed by atoms with Crippen LogP contribution >= 0.6 is 0 Å². The van der Waals surface area contributed by atoms with Crippen molar-refractivity contribution in [1.82, 2.24) is 10.6 Å². The van der Waals surface area contributed by atoms with E-state index < -0.39 is 11.8 Å². The van der Waals surface area contributed by atoms with Gasteiger partial charge in [0.05, 0.1) is 0 Å². The van der Waals surface area contributed by atoms with Gasteiger partial charge in [-0.3, -0.25) is 0 Å². The van der Waals surface area contributed by atoms with Gasteiger partial charge in [-0.05, 0) is 63.9 Å². The zero-order chi connectivity index (χ0) is 16.2. The quantitative estimate of drug-likeness (QED) is 0.901. The van der Waals surface area contributed by atoms with Crippen molar-refractivity contribution >= 4 is 6.09 Å². The third kappa shape index (κ3) is 4.70. The van der Waals surface area contributed by atoms with E-state index in [-0.39, 0.29) is 12.1 Å². The van der Waals surface area contributed by atoms with Gasteiger partial charge in [-0.15, -0.1) is 0 Å². The van der Waals surface area contributed by atoms with E-state index >= 15 is 0 Å². The van der Waals surface area contributed by atoms with Gasteiger partial charge >= 0.3 is 6.09 Å². The second-order valence-electron chi connectivity index (χ2n) is 6.87. The third-order valence-electron chi connectivity index (χ3n) is 3.69. The van der Waals surface area contributed by atoms with Crippen LogP contribution in [0.4, 0.5) is 9.18 Å². The Morgan fingerprint density at radius 1 is 1.36 bits per heavy atom. The lowest BCUT2D eigenvalue weighted by atomic mass is 9.86. The molecule has 2 N–H and O–H groups in total. The van der Waals surface area contributed by atoms with Crippen molar-refractivity contribution in [2.45, 2.75) is 51.4 Å². The van der Waals surface area contributed by atoms with Gasteiger partial charge in [0.1, 0.15) is 12.3 Å². The molecule has 0 aromatic heterocycles. The lowest BCUT2D eigenvalue weighted by Gasteiger charge is -2.30. The van der Waals surface area contributed by atoms with Gasteiger partial charge in [0, 0.05) is 5.54 Å². The first kappa shape index (κ1) is 16.7. The van der Waals surface area contributed by atoms with E-state index in [4.69, 9.17) is 4.74 Å². The molecule has 1 heterocycles. The number of carbonyl (C=O) groups is 1. The second-order valence-corrected chi connectivity index (χ2v) is 6.87. The van der Waals surface area contributed by atoms with Crippen LogP contribution in [0.2, 0.25) is 0 Å². The Labute approximate surface area is 131 Å². The van der Waals surface area contributed by atoms with Crippen LogP contribution in [0.15, 0.2) is 24.3 Å². The molecular weight excluding hydrogens is 283 g/mol. The maximum absolute atomic E-state index is 14.9. The number of amides is 1. The van der Waals surface area contributed by atoms with E-state index in [1.54, 1.807) is 6.07 Å². The summed E-state index contributed by atoms with van der Waals surface area (Å²) in [6.07, 6.45) is 0.485. The molecule has 1 aliphatic rings. The van der Waals surface area contributed by atoms with E-state index in [1.807, 2.05) is 39.0 Å². The summed E-state index contributed by atoms with van der Waals surface area (Å²) in [6, 6.07) is 7.27. The minimum atomic E-state index is -1.28. The van der Waals surface area contributed by atoms with E-state index in [0.717, 1.165) is 5.56 Å². The molecule has 0 bridgehead atoms. The third-order valence-corrected chi connectivity index (χ3v) is 3.69. The minimum Gasteiger partial charge on any atom is -0.445 e. The number of hydrogen-bond acceptors (Lipinski definition) is 3. The second kappa shape index (κ2) is 6.65. The Morgan fingerprint density at radius 3 is 2.68 bits per heavy atom. The smallest absolute Gasteiger partial charge is 0.407 e. The summed E-state index contributed by atoms with van der Waals surface area (Å²) in [5, 5.41) is 5.90. The number of alkyl halides is 1. The highest BCUT2D eigenvalue weighted by molar-refractivity contribution is 5.68. The number of carbonyl (C=O) groups excluding carboxylic acids is 1. The van der Waals surface area contributed by atoms with Crippen molar-refractivity contribution in [3.05, 3.63) is 35.4 Å². The number of benzene rings is 1. The molecule has 1 aromatic carbocycles. The van der Waals surface area contributed by atoms with Gasteiger partial charge in [-0.1, -0.05) is 18.2 Å². The molecule has 0 saturated carbocycles. The van der Waals surface area contributed by atoms with E-state index in [1.165, 1.54) is 0 Å². The molecule has 22 heavy (non-hydrogen) atoms. The number of rotatable bonds is 3. The maximum Gasteiger partial charge on any atom is 0.407 e. The van der Waals surface area contributed by atoms with Gasteiger partial charge in [0.2, 0.25) is 0 Å². The van der Waals surface area contributed by atoms with Gasteiger partial charge in [-0.25, -0.2) is 9.18 Å². The van der Waals surface area contributed by atoms with Crippen LogP contribution in [-0.2, 0) is 17.0 Å². The fraction of sp³-hybridized carbons (Fsp3) is 0.588. The van der Waals surface area contributed by atoms with Gasteiger partial charge in [0.15, 0.2) is 0 Å². The van der Waals surface area contributed by atoms with Crippen molar-refractivity contribution < 1.29 is 13.9 Å². The standard InChI is InChI=1S/C17H25FN2O2/c1-16(2,3)20-15(21)22-12-13-5-4-6-14(11-13)17(18)7-9-19-10-8-17/h4-6,11,19H,7-10,12H2,1-3H3,(H,20,21). The Bertz CT molecular complexity index is 520.